The van der Waals surface area contributed by atoms with E-state index in [0.717, 1.165) is 5.69 Å². The van der Waals surface area contributed by atoms with Gasteiger partial charge in [0.1, 0.15) is 5.82 Å². The molecule has 5 heteroatoms. The van der Waals surface area contributed by atoms with Crippen LogP contribution in [0.2, 0.25) is 0 Å². The molecule has 0 atom stereocenters. The van der Waals surface area contributed by atoms with E-state index in [4.69, 9.17) is 0 Å². The Hall–Kier alpha value is -1.91. The Balaban J connectivity index is 2.15. The molecule has 0 radical (unpaired) electrons. The van der Waals surface area contributed by atoms with Crippen LogP contribution in [0.3, 0.4) is 0 Å². The second-order valence-electron chi connectivity index (χ2n) is 2.20. The highest BCUT2D eigenvalue weighted by molar-refractivity contribution is 5.52. The monoisotopic (exact) mass is 161 g/mol. The molecule has 0 spiro atoms. The molecule has 0 aliphatic rings. The molecule has 2 aromatic rings. The normalized spacial score (nSPS) is 9.67. The van der Waals surface area contributed by atoms with Crippen LogP contribution < -0.4 is 5.32 Å². The van der Waals surface area contributed by atoms with E-state index in [-0.39, 0.29) is 0 Å². The molecule has 2 aromatic heterocycles. The van der Waals surface area contributed by atoms with Crippen molar-refractivity contribution in [2.24, 2.45) is 0 Å². The molecule has 0 fully saturated rings. The maximum atomic E-state index is 4.04. The summed E-state index contributed by atoms with van der Waals surface area (Å²) in [6.45, 7) is 0. The van der Waals surface area contributed by atoms with Crippen LogP contribution in [0.5, 0.6) is 0 Å². The van der Waals surface area contributed by atoms with Crippen LogP contribution in [-0.4, -0.2) is 20.2 Å². The summed E-state index contributed by atoms with van der Waals surface area (Å²) in [6.07, 6.45) is 8.32. The first-order chi connectivity index (χ1) is 5.95. The minimum atomic E-state index is 0.707. The summed E-state index contributed by atoms with van der Waals surface area (Å²) >= 11 is 0. The first-order valence-corrected chi connectivity index (χ1v) is 3.47. The number of H-pyrrole nitrogens is 1. The van der Waals surface area contributed by atoms with Crippen molar-refractivity contribution in [3.8, 4) is 0 Å². The second kappa shape index (κ2) is 3.00. The van der Waals surface area contributed by atoms with E-state index in [9.17, 15) is 0 Å². The van der Waals surface area contributed by atoms with Crippen molar-refractivity contribution in [2.75, 3.05) is 5.32 Å². The molecule has 0 unspecified atom stereocenters. The third-order valence-electron chi connectivity index (χ3n) is 1.33. The Morgan fingerprint density at radius 3 is 2.92 bits per heavy atom. The standard InChI is InChI=1S/C7H7N5/c1-2-9-7(5-8-1)12-6-3-10-11-4-6/h1-5H,(H,9,12)(H,10,11). The topological polar surface area (TPSA) is 66.5 Å². The lowest BCUT2D eigenvalue weighted by Gasteiger charge is -1.98. The quantitative estimate of drug-likeness (QED) is 0.688. The van der Waals surface area contributed by atoms with E-state index in [1.165, 1.54) is 0 Å². The molecule has 2 N–H and O–H groups in total. The average molecular weight is 161 g/mol. The highest BCUT2D eigenvalue weighted by atomic mass is 15.1. The highest BCUT2D eigenvalue weighted by Crippen LogP contribution is 2.08. The lowest BCUT2D eigenvalue weighted by molar-refractivity contribution is 1.09. The number of hydrogen-bond donors (Lipinski definition) is 2. The van der Waals surface area contributed by atoms with Gasteiger partial charge in [0.2, 0.25) is 0 Å². The Morgan fingerprint density at radius 2 is 2.25 bits per heavy atom. The van der Waals surface area contributed by atoms with Gasteiger partial charge in [0, 0.05) is 18.6 Å². The van der Waals surface area contributed by atoms with Crippen LogP contribution in [-0.2, 0) is 0 Å². The van der Waals surface area contributed by atoms with E-state index in [2.05, 4.69) is 25.5 Å². The van der Waals surface area contributed by atoms with Gasteiger partial charge in [0.25, 0.3) is 0 Å². The van der Waals surface area contributed by atoms with Crippen molar-refractivity contribution in [3.63, 3.8) is 0 Å². The second-order valence-corrected chi connectivity index (χ2v) is 2.20. The van der Waals surface area contributed by atoms with Crippen LogP contribution in [0.1, 0.15) is 0 Å². The number of aromatic nitrogens is 4. The zero-order valence-electron chi connectivity index (χ0n) is 6.23. The average Bonchev–Trinajstić information content (AvgIpc) is 2.59. The summed E-state index contributed by atoms with van der Waals surface area (Å²) in [6, 6.07) is 0. The van der Waals surface area contributed by atoms with Crippen molar-refractivity contribution in [1.82, 2.24) is 20.2 Å². The Kier molecular flexibility index (Phi) is 1.69. The van der Waals surface area contributed by atoms with Crippen molar-refractivity contribution in [3.05, 3.63) is 31.0 Å². The fourth-order valence-corrected chi connectivity index (χ4v) is 0.831. The van der Waals surface area contributed by atoms with Crippen molar-refractivity contribution in [1.29, 1.82) is 0 Å². The molecule has 5 nitrogen and oxygen atoms in total. The Labute approximate surface area is 68.9 Å². The molecule has 0 saturated heterocycles. The van der Waals surface area contributed by atoms with Crippen LogP contribution >= 0.6 is 0 Å². The lowest BCUT2D eigenvalue weighted by Crippen LogP contribution is -1.91. The molecule has 60 valence electrons. The Bertz CT molecular complexity index is 328. The predicted octanol–water partition coefficient (Wildman–Crippen LogP) is 0.943. The molecule has 0 saturated carbocycles. The van der Waals surface area contributed by atoms with Gasteiger partial charge in [0.15, 0.2) is 0 Å². The van der Waals surface area contributed by atoms with E-state index in [1.807, 2.05) is 0 Å². The number of hydrogen-bond acceptors (Lipinski definition) is 4. The smallest absolute Gasteiger partial charge is 0.148 e. The van der Waals surface area contributed by atoms with Crippen LogP contribution in [0.4, 0.5) is 11.5 Å². The van der Waals surface area contributed by atoms with Crippen LogP contribution in [0.25, 0.3) is 0 Å². The van der Waals surface area contributed by atoms with Crippen LogP contribution in [0.15, 0.2) is 31.0 Å². The fourth-order valence-electron chi connectivity index (χ4n) is 0.831. The van der Waals surface area contributed by atoms with Gasteiger partial charge in [-0.2, -0.15) is 5.10 Å². The Morgan fingerprint density at radius 1 is 1.25 bits per heavy atom. The molecular weight excluding hydrogens is 154 g/mol. The van der Waals surface area contributed by atoms with E-state index < -0.39 is 0 Å². The third-order valence-corrected chi connectivity index (χ3v) is 1.33. The summed E-state index contributed by atoms with van der Waals surface area (Å²) in [5, 5.41) is 9.49. The zero-order chi connectivity index (χ0) is 8.23. The van der Waals surface area contributed by atoms with Crippen LogP contribution in [0, 0.1) is 0 Å². The lowest BCUT2D eigenvalue weighted by atomic mass is 10.5. The maximum absolute atomic E-state index is 4.04. The highest BCUT2D eigenvalue weighted by Gasteiger charge is 1.93. The summed E-state index contributed by atoms with van der Waals surface area (Å²) in [5.74, 6) is 0.707. The van der Waals surface area contributed by atoms with Gasteiger partial charge in [-0.05, 0) is 0 Å². The molecular formula is C7H7N5. The number of nitrogens with zero attached hydrogens (tertiary/aromatic N) is 3. The molecule has 0 aliphatic carbocycles. The molecule has 0 bridgehead atoms. The van der Waals surface area contributed by atoms with Crippen molar-refractivity contribution < 1.29 is 0 Å². The predicted molar refractivity (Wildman–Crippen MR) is 43.9 cm³/mol. The van der Waals surface area contributed by atoms with Gasteiger partial charge >= 0.3 is 0 Å². The largest absolute Gasteiger partial charge is 0.336 e. The van der Waals surface area contributed by atoms with Gasteiger partial charge in [-0.1, -0.05) is 0 Å². The first-order valence-electron chi connectivity index (χ1n) is 3.47. The number of nitrogens with one attached hydrogen (secondary N) is 2. The van der Waals surface area contributed by atoms with Crippen molar-refractivity contribution in [2.45, 2.75) is 0 Å². The molecule has 2 heterocycles. The molecule has 0 aromatic carbocycles. The van der Waals surface area contributed by atoms with Crippen molar-refractivity contribution >= 4 is 11.5 Å². The molecule has 0 amide bonds. The van der Waals surface area contributed by atoms with E-state index >= 15 is 0 Å². The summed E-state index contributed by atoms with van der Waals surface area (Å²) in [7, 11) is 0. The summed E-state index contributed by atoms with van der Waals surface area (Å²) in [4.78, 5) is 7.95. The molecule has 0 aliphatic heterocycles. The zero-order valence-corrected chi connectivity index (χ0v) is 6.23. The number of rotatable bonds is 2. The molecule has 2 rings (SSSR count). The number of aromatic amines is 1. The van der Waals surface area contributed by atoms with Gasteiger partial charge < -0.3 is 5.32 Å². The van der Waals surface area contributed by atoms with Gasteiger partial charge in [-0.15, -0.1) is 0 Å². The maximum Gasteiger partial charge on any atom is 0.148 e. The van der Waals surface area contributed by atoms with Gasteiger partial charge in [-0.25, -0.2) is 4.98 Å². The molecule has 12 heavy (non-hydrogen) atoms. The third kappa shape index (κ3) is 1.39. The minimum Gasteiger partial charge on any atom is -0.336 e. The van der Waals surface area contributed by atoms with E-state index in [1.54, 1.807) is 31.0 Å². The fraction of sp³-hybridized carbons (Fsp3) is 0. The SMILES string of the molecule is c1cnc(Nc2cn[nH]c2)cn1. The minimum absolute atomic E-state index is 0.707. The van der Waals surface area contributed by atoms with E-state index in [0.29, 0.717) is 5.82 Å². The van der Waals surface area contributed by atoms with Gasteiger partial charge in [0.05, 0.1) is 18.1 Å². The summed E-state index contributed by atoms with van der Waals surface area (Å²) < 4.78 is 0. The number of anilines is 2. The summed E-state index contributed by atoms with van der Waals surface area (Å²) in [5.41, 5.74) is 0.871. The first kappa shape index (κ1) is 6.78. The van der Waals surface area contributed by atoms with Gasteiger partial charge in [-0.3, -0.25) is 10.1 Å².